The van der Waals surface area contributed by atoms with Crippen LogP contribution in [0.5, 0.6) is 0 Å². The summed E-state index contributed by atoms with van der Waals surface area (Å²) in [5.41, 5.74) is 2.14. The summed E-state index contributed by atoms with van der Waals surface area (Å²) in [6, 6.07) is 14.8. The third-order valence-corrected chi connectivity index (χ3v) is 5.41. The van der Waals surface area contributed by atoms with E-state index in [0.717, 1.165) is 5.56 Å². The number of methoxy groups -OCH3 is 1. The van der Waals surface area contributed by atoms with E-state index in [1.165, 1.54) is 22.3 Å². The Bertz CT molecular complexity index is 977. The highest BCUT2D eigenvalue weighted by atomic mass is 32.2. The van der Waals surface area contributed by atoms with Crippen LogP contribution in [0, 0.1) is 5.82 Å². The van der Waals surface area contributed by atoms with Crippen molar-refractivity contribution in [2.24, 2.45) is 10.1 Å². The predicted molar refractivity (Wildman–Crippen MR) is 111 cm³/mol. The number of thioether (sulfide) groups is 1. The summed E-state index contributed by atoms with van der Waals surface area (Å²) in [5, 5.41) is 6.46. The molecule has 3 aromatic rings. The molecule has 2 aromatic carbocycles. The van der Waals surface area contributed by atoms with Crippen molar-refractivity contribution in [3.8, 4) is 11.3 Å². The van der Waals surface area contributed by atoms with Gasteiger partial charge in [0.05, 0.1) is 25.1 Å². The van der Waals surface area contributed by atoms with Gasteiger partial charge in [-0.1, -0.05) is 24.3 Å². The predicted octanol–water partition coefficient (Wildman–Crippen LogP) is 4.51. The molecular formula is C20H20FN3OS2. The summed E-state index contributed by atoms with van der Waals surface area (Å²) in [4.78, 5) is 6.42. The number of thiazole rings is 1. The number of nitrogens with zero attached hydrogens (tertiary/aromatic N) is 3. The lowest BCUT2D eigenvalue weighted by atomic mass is 10.1. The zero-order valence-corrected chi connectivity index (χ0v) is 16.8. The van der Waals surface area contributed by atoms with Gasteiger partial charge in [0.25, 0.3) is 0 Å². The van der Waals surface area contributed by atoms with E-state index >= 15 is 0 Å². The van der Waals surface area contributed by atoms with Gasteiger partial charge in [-0.2, -0.15) is 5.10 Å². The Morgan fingerprint density at radius 2 is 1.96 bits per heavy atom. The van der Waals surface area contributed by atoms with E-state index in [9.17, 15) is 4.39 Å². The molecule has 0 aliphatic rings. The van der Waals surface area contributed by atoms with Crippen molar-refractivity contribution < 1.29 is 9.13 Å². The number of rotatable bonds is 7. The van der Waals surface area contributed by atoms with E-state index in [4.69, 9.17) is 4.74 Å². The van der Waals surface area contributed by atoms with Crippen molar-refractivity contribution in [2.45, 2.75) is 4.90 Å². The van der Waals surface area contributed by atoms with Crippen molar-refractivity contribution in [1.29, 1.82) is 0 Å². The lowest BCUT2D eigenvalue weighted by molar-refractivity contribution is 0.207. The summed E-state index contributed by atoms with van der Waals surface area (Å²) < 4.78 is 21.1. The van der Waals surface area contributed by atoms with Crippen LogP contribution >= 0.6 is 23.1 Å². The van der Waals surface area contributed by atoms with Crippen LogP contribution in [-0.2, 0) is 4.74 Å². The maximum absolute atomic E-state index is 14.3. The molecule has 1 aromatic heterocycles. The van der Waals surface area contributed by atoms with Crippen LogP contribution in [0.2, 0.25) is 0 Å². The molecule has 0 aliphatic carbocycles. The number of aromatic nitrogens is 1. The van der Waals surface area contributed by atoms with Crippen LogP contribution < -0.4 is 4.80 Å². The Morgan fingerprint density at radius 1 is 1.19 bits per heavy atom. The van der Waals surface area contributed by atoms with Crippen molar-refractivity contribution in [3.05, 3.63) is 70.1 Å². The van der Waals surface area contributed by atoms with Gasteiger partial charge in [-0.25, -0.2) is 9.07 Å². The fraction of sp³-hybridized carbons (Fsp3) is 0.200. The minimum Gasteiger partial charge on any atom is -0.383 e. The van der Waals surface area contributed by atoms with Crippen molar-refractivity contribution in [2.75, 3.05) is 26.5 Å². The summed E-state index contributed by atoms with van der Waals surface area (Å²) >= 11 is 3.12. The van der Waals surface area contributed by atoms with Gasteiger partial charge in [0.1, 0.15) is 5.82 Å². The number of ether oxygens (including phenoxy) is 1. The Balaban J connectivity index is 2.01. The lowest BCUT2D eigenvalue weighted by Gasteiger charge is -2.05. The maximum Gasteiger partial charge on any atom is 0.206 e. The lowest BCUT2D eigenvalue weighted by Crippen LogP contribution is -2.14. The largest absolute Gasteiger partial charge is 0.383 e. The molecule has 7 heteroatoms. The molecule has 0 fully saturated rings. The molecule has 27 heavy (non-hydrogen) atoms. The zero-order chi connectivity index (χ0) is 19.1. The summed E-state index contributed by atoms with van der Waals surface area (Å²) in [6.45, 7) is 1.04. The Hall–Kier alpha value is -2.22. The third kappa shape index (κ3) is 4.94. The highest BCUT2D eigenvalue weighted by molar-refractivity contribution is 7.98. The molecule has 4 nitrogen and oxygen atoms in total. The molecule has 140 valence electrons. The number of halogens is 1. The molecule has 1 heterocycles. The molecule has 0 saturated carbocycles. The minimum absolute atomic E-state index is 0.285. The summed E-state index contributed by atoms with van der Waals surface area (Å²) in [6.07, 6.45) is 3.80. The van der Waals surface area contributed by atoms with Crippen LogP contribution in [0.25, 0.3) is 11.3 Å². The third-order valence-electron chi connectivity index (χ3n) is 3.82. The van der Waals surface area contributed by atoms with Gasteiger partial charge in [-0.05, 0) is 36.1 Å². The van der Waals surface area contributed by atoms with E-state index < -0.39 is 0 Å². The van der Waals surface area contributed by atoms with Gasteiger partial charge in [0.15, 0.2) is 0 Å². The molecule has 3 rings (SSSR count). The second kappa shape index (κ2) is 9.64. The average Bonchev–Trinajstić information content (AvgIpc) is 3.10. The quantitative estimate of drug-likeness (QED) is 0.332. The summed E-state index contributed by atoms with van der Waals surface area (Å²) in [7, 11) is 1.64. The first-order valence-corrected chi connectivity index (χ1v) is 10.5. The molecule has 0 amide bonds. The molecule has 0 atom stereocenters. The van der Waals surface area contributed by atoms with Crippen molar-refractivity contribution in [1.82, 2.24) is 4.68 Å². The normalized spacial score (nSPS) is 12.2. The van der Waals surface area contributed by atoms with Gasteiger partial charge in [-0.15, -0.1) is 23.1 Å². The smallest absolute Gasteiger partial charge is 0.206 e. The Labute approximate surface area is 166 Å². The zero-order valence-electron chi connectivity index (χ0n) is 15.1. The highest BCUT2D eigenvalue weighted by Gasteiger charge is 2.11. The van der Waals surface area contributed by atoms with Gasteiger partial charge >= 0.3 is 0 Å². The van der Waals surface area contributed by atoms with E-state index in [1.54, 1.807) is 41.9 Å². The molecule has 0 saturated heterocycles. The standard InChI is InChI=1S/C20H20FN3OS2/c1-25-12-11-22-20-24(23-13-15-7-9-16(26-2)10-8-15)19(14-27-20)17-5-3-4-6-18(17)21/h3-10,13-14H,11-12H2,1-2H3/b22-20?,23-13-. The first-order chi connectivity index (χ1) is 13.2. The van der Waals surface area contributed by atoms with Gasteiger partial charge in [-0.3, -0.25) is 4.99 Å². The van der Waals surface area contributed by atoms with Crippen LogP contribution in [0.15, 0.2) is 68.9 Å². The van der Waals surface area contributed by atoms with Crippen LogP contribution in [-0.4, -0.2) is 37.4 Å². The number of hydrogen-bond donors (Lipinski definition) is 0. The van der Waals surface area contributed by atoms with Gasteiger partial charge < -0.3 is 4.74 Å². The van der Waals surface area contributed by atoms with E-state index in [2.05, 4.69) is 10.1 Å². The van der Waals surface area contributed by atoms with E-state index in [-0.39, 0.29) is 5.82 Å². The topological polar surface area (TPSA) is 38.9 Å². The monoisotopic (exact) mass is 401 g/mol. The second-order valence-electron chi connectivity index (χ2n) is 5.59. The molecule has 0 bridgehead atoms. The van der Waals surface area contributed by atoms with Crippen LogP contribution in [0.1, 0.15) is 5.56 Å². The summed E-state index contributed by atoms with van der Waals surface area (Å²) in [5.74, 6) is -0.285. The molecule has 0 aliphatic heterocycles. The van der Waals surface area contributed by atoms with Crippen molar-refractivity contribution in [3.63, 3.8) is 0 Å². The highest BCUT2D eigenvalue weighted by Crippen LogP contribution is 2.23. The number of benzene rings is 2. The van der Waals surface area contributed by atoms with Gasteiger partial charge in [0.2, 0.25) is 4.80 Å². The molecule has 0 N–H and O–H groups in total. The SMILES string of the molecule is COCCN=c1scc(-c2ccccc2F)n1/N=C\c1ccc(SC)cc1. The Kier molecular flexibility index (Phi) is 6.98. The van der Waals surface area contributed by atoms with E-state index in [0.29, 0.717) is 29.2 Å². The minimum atomic E-state index is -0.285. The fourth-order valence-corrected chi connectivity index (χ4v) is 3.68. The van der Waals surface area contributed by atoms with Crippen LogP contribution in [0.4, 0.5) is 4.39 Å². The van der Waals surface area contributed by atoms with Gasteiger partial charge in [0, 0.05) is 22.9 Å². The number of hydrogen-bond acceptors (Lipinski definition) is 5. The molecule has 0 radical (unpaired) electrons. The second-order valence-corrected chi connectivity index (χ2v) is 7.30. The maximum atomic E-state index is 14.3. The van der Waals surface area contributed by atoms with E-state index in [1.807, 2.05) is 42.0 Å². The first-order valence-electron chi connectivity index (χ1n) is 8.36. The molecular weight excluding hydrogens is 381 g/mol. The average molecular weight is 402 g/mol. The molecule has 0 spiro atoms. The molecule has 0 unspecified atom stereocenters. The van der Waals surface area contributed by atoms with Crippen molar-refractivity contribution >= 4 is 29.3 Å². The first kappa shape index (κ1) is 19.5. The fourth-order valence-electron chi connectivity index (χ4n) is 2.42. The Morgan fingerprint density at radius 3 is 2.67 bits per heavy atom. The van der Waals surface area contributed by atoms with Crippen LogP contribution in [0.3, 0.4) is 0 Å².